The molecule has 0 bridgehead atoms. The zero-order chi connectivity index (χ0) is 28.8. The number of nitrogens with zero attached hydrogens (tertiary/aromatic N) is 6. The SMILES string of the molecule is Cc1ccc(Nc2nc(NN=Cc3cc([N+](=O)[O-])c(Cl)cc3Cl)nc(N3CCC(Cc4ccccc4)CC3)n2)cc1. The van der Waals surface area contributed by atoms with Crippen molar-refractivity contribution >= 4 is 58.6 Å². The molecule has 0 amide bonds. The number of hydrogen-bond acceptors (Lipinski definition) is 9. The topological polar surface area (TPSA) is 121 Å². The number of piperidine rings is 1. The molecule has 0 saturated carbocycles. The molecule has 0 atom stereocenters. The molecule has 0 spiro atoms. The number of anilines is 4. The first kappa shape index (κ1) is 28.3. The maximum Gasteiger partial charge on any atom is 0.288 e. The molecule has 0 radical (unpaired) electrons. The average Bonchev–Trinajstić information content (AvgIpc) is 2.96. The van der Waals surface area contributed by atoms with Crippen molar-refractivity contribution in [2.45, 2.75) is 26.2 Å². The molecule has 3 aromatic carbocycles. The minimum absolute atomic E-state index is 0.0495. The number of halogens is 2. The molecule has 1 aromatic heterocycles. The zero-order valence-electron chi connectivity index (χ0n) is 22.3. The molecule has 2 N–H and O–H groups in total. The summed E-state index contributed by atoms with van der Waals surface area (Å²) < 4.78 is 0. The van der Waals surface area contributed by atoms with Crippen LogP contribution in [0.15, 0.2) is 71.8 Å². The highest BCUT2D eigenvalue weighted by Gasteiger charge is 2.23. The van der Waals surface area contributed by atoms with E-state index in [0.29, 0.717) is 23.4 Å². The molecular formula is C29H28Cl2N8O2. The molecule has 0 aliphatic carbocycles. The Morgan fingerprint density at radius 1 is 1.00 bits per heavy atom. The van der Waals surface area contributed by atoms with Crippen molar-refractivity contribution in [2.24, 2.45) is 11.0 Å². The van der Waals surface area contributed by atoms with Crippen LogP contribution >= 0.6 is 23.2 Å². The lowest BCUT2D eigenvalue weighted by Gasteiger charge is -2.32. The largest absolute Gasteiger partial charge is 0.341 e. The van der Waals surface area contributed by atoms with E-state index >= 15 is 0 Å². The van der Waals surface area contributed by atoms with Gasteiger partial charge in [0.15, 0.2) is 0 Å². The number of hydrogen-bond donors (Lipinski definition) is 2. The molecule has 1 aliphatic heterocycles. The van der Waals surface area contributed by atoms with Gasteiger partial charge in [-0.3, -0.25) is 10.1 Å². The Labute approximate surface area is 247 Å². The second kappa shape index (κ2) is 12.9. The number of hydrazone groups is 1. The van der Waals surface area contributed by atoms with Gasteiger partial charge in [0.1, 0.15) is 5.02 Å². The summed E-state index contributed by atoms with van der Waals surface area (Å²) in [6.07, 6.45) is 4.46. The summed E-state index contributed by atoms with van der Waals surface area (Å²) in [6.45, 7) is 3.66. The summed E-state index contributed by atoms with van der Waals surface area (Å²) in [6, 6.07) is 21.0. The van der Waals surface area contributed by atoms with Gasteiger partial charge in [-0.05, 0) is 55.9 Å². The summed E-state index contributed by atoms with van der Waals surface area (Å²) in [7, 11) is 0. The van der Waals surface area contributed by atoms with Gasteiger partial charge in [-0.2, -0.15) is 20.1 Å². The fourth-order valence-electron chi connectivity index (χ4n) is 4.61. The molecule has 1 aliphatic rings. The second-order valence-electron chi connectivity index (χ2n) is 9.85. The van der Waals surface area contributed by atoms with Crippen LogP contribution in [-0.4, -0.2) is 39.2 Å². The Kier molecular flexibility index (Phi) is 8.91. The van der Waals surface area contributed by atoms with E-state index in [1.54, 1.807) is 0 Å². The second-order valence-corrected chi connectivity index (χ2v) is 10.7. The number of nitrogens with one attached hydrogen (secondary N) is 2. The van der Waals surface area contributed by atoms with Crippen molar-refractivity contribution in [2.75, 3.05) is 28.7 Å². The molecule has 2 heterocycles. The highest BCUT2D eigenvalue weighted by Crippen LogP contribution is 2.30. The molecule has 12 heteroatoms. The van der Waals surface area contributed by atoms with Crippen molar-refractivity contribution in [3.8, 4) is 0 Å². The van der Waals surface area contributed by atoms with E-state index in [9.17, 15) is 10.1 Å². The van der Waals surface area contributed by atoms with Crippen LogP contribution < -0.4 is 15.6 Å². The number of nitro benzene ring substituents is 1. The first-order valence-electron chi connectivity index (χ1n) is 13.1. The van der Waals surface area contributed by atoms with Gasteiger partial charge in [0.25, 0.3) is 5.69 Å². The summed E-state index contributed by atoms with van der Waals surface area (Å²) in [5.41, 5.74) is 6.21. The van der Waals surface area contributed by atoms with Crippen molar-refractivity contribution in [3.63, 3.8) is 0 Å². The minimum Gasteiger partial charge on any atom is -0.341 e. The Morgan fingerprint density at radius 2 is 1.71 bits per heavy atom. The van der Waals surface area contributed by atoms with Crippen LogP contribution in [0.4, 0.5) is 29.2 Å². The predicted octanol–water partition coefficient (Wildman–Crippen LogP) is 7.04. The van der Waals surface area contributed by atoms with Gasteiger partial charge in [-0.25, -0.2) is 5.43 Å². The van der Waals surface area contributed by atoms with Gasteiger partial charge in [0.2, 0.25) is 17.8 Å². The highest BCUT2D eigenvalue weighted by molar-refractivity contribution is 6.37. The van der Waals surface area contributed by atoms with Crippen LogP contribution in [0.2, 0.25) is 10.0 Å². The van der Waals surface area contributed by atoms with Crippen molar-refractivity contribution < 1.29 is 4.92 Å². The van der Waals surface area contributed by atoms with Crippen molar-refractivity contribution in [1.82, 2.24) is 15.0 Å². The Bertz CT molecular complexity index is 1540. The Hall–Kier alpha value is -4.28. The summed E-state index contributed by atoms with van der Waals surface area (Å²) in [5, 5.41) is 18.9. The third kappa shape index (κ3) is 7.47. The molecule has 1 fully saturated rings. The molecule has 41 heavy (non-hydrogen) atoms. The molecule has 5 rings (SSSR count). The predicted molar refractivity (Wildman–Crippen MR) is 164 cm³/mol. The van der Waals surface area contributed by atoms with E-state index in [0.717, 1.165) is 43.6 Å². The summed E-state index contributed by atoms with van der Waals surface area (Å²) in [5.74, 6) is 1.71. The van der Waals surface area contributed by atoms with Crippen LogP contribution in [0.5, 0.6) is 0 Å². The normalized spacial score (nSPS) is 13.9. The minimum atomic E-state index is -0.576. The Morgan fingerprint density at radius 3 is 2.41 bits per heavy atom. The van der Waals surface area contributed by atoms with Gasteiger partial charge >= 0.3 is 0 Å². The standard InChI is InChI=1S/C29H28Cl2N8O2/c1-19-7-9-23(10-8-19)33-27-34-28(37-32-18-22-16-26(39(40)41)25(31)17-24(22)30)36-29(35-27)38-13-11-21(12-14-38)15-20-5-3-2-4-6-20/h2-10,16-18,21H,11-15H2,1H3,(H2,33,34,35,36,37). The number of nitro groups is 1. The number of benzene rings is 3. The maximum atomic E-state index is 11.3. The molecular weight excluding hydrogens is 563 g/mol. The monoisotopic (exact) mass is 590 g/mol. The fourth-order valence-corrected chi connectivity index (χ4v) is 5.12. The van der Waals surface area contributed by atoms with Gasteiger partial charge in [-0.15, -0.1) is 0 Å². The molecule has 210 valence electrons. The van der Waals surface area contributed by atoms with E-state index in [4.69, 9.17) is 28.2 Å². The average molecular weight is 592 g/mol. The molecule has 1 saturated heterocycles. The summed E-state index contributed by atoms with van der Waals surface area (Å²) in [4.78, 5) is 26.6. The van der Waals surface area contributed by atoms with E-state index in [1.165, 1.54) is 23.9 Å². The smallest absolute Gasteiger partial charge is 0.288 e. The van der Waals surface area contributed by atoms with Gasteiger partial charge < -0.3 is 10.2 Å². The van der Waals surface area contributed by atoms with Crippen LogP contribution in [-0.2, 0) is 6.42 Å². The van der Waals surface area contributed by atoms with Crippen LogP contribution in [0, 0.1) is 23.0 Å². The maximum absolute atomic E-state index is 11.3. The van der Waals surface area contributed by atoms with Crippen molar-refractivity contribution in [1.29, 1.82) is 0 Å². The Balaban J connectivity index is 1.34. The van der Waals surface area contributed by atoms with Gasteiger partial charge in [0.05, 0.1) is 16.2 Å². The van der Waals surface area contributed by atoms with Crippen LogP contribution in [0.25, 0.3) is 0 Å². The van der Waals surface area contributed by atoms with Crippen LogP contribution in [0.3, 0.4) is 0 Å². The number of rotatable bonds is 9. The lowest BCUT2D eigenvalue weighted by molar-refractivity contribution is -0.384. The highest BCUT2D eigenvalue weighted by atomic mass is 35.5. The third-order valence-electron chi connectivity index (χ3n) is 6.83. The lowest BCUT2D eigenvalue weighted by Crippen LogP contribution is -2.35. The zero-order valence-corrected chi connectivity index (χ0v) is 23.8. The van der Waals surface area contributed by atoms with Crippen LogP contribution in [0.1, 0.15) is 29.5 Å². The molecule has 10 nitrogen and oxygen atoms in total. The van der Waals surface area contributed by atoms with Crippen molar-refractivity contribution in [3.05, 3.63) is 104 Å². The van der Waals surface area contributed by atoms with Gasteiger partial charge in [0, 0.05) is 30.4 Å². The first-order chi connectivity index (χ1) is 19.8. The number of aryl methyl sites for hydroxylation is 1. The lowest BCUT2D eigenvalue weighted by atomic mass is 9.90. The first-order valence-corrected chi connectivity index (χ1v) is 13.9. The van der Waals surface area contributed by atoms with Gasteiger partial charge in [-0.1, -0.05) is 71.2 Å². The molecule has 0 unspecified atom stereocenters. The summed E-state index contributed by atoms with van der Waals surface area (Å²) >= 11 is 12.2. The third-order valence-corrected chi connectivity index (χ3v) is 7.46. The van der Waals surface area contributed by atoms with E-state index < -0.39 is 4.92 Å². The van der Waals surface area contributed by atoms with E-state index in [2.05, 4.69) is 55.0 Å². The fraction of sp³-hybridized carbons (Fsp3) is 0.241. The number of aromatic nitrogens is 3. The van der Waals surface area contributed by atoms with E-state index in [-0.39, 0.29) is 21.7 Å². The quantitative estimate of drug-likeness (QED) is 0.121. The molecule has 4 aromatic rings. The van der Waals surface area contributed by atoms with E-state index in [1.807, 2.05) is 37.3 Å².